The van der Waals surface area contributed by atoms with E-state index in [1.165, 1.54) is 11.1 Å². The Hall–Kier alpha value is -1.47. The molecule has 0 heterocycles. The Balaban J connectivity index is 1.97. The number of nitrogens with one attached hydrogen (secondary N) is 1. The van der Waals surface area contributed by atoms with E-state index < -0.39 is 0 Å². The first-order valence-corrected chi connectivity index (χ1v) is 6.23. The lowest BCUT2D eigenvalue weighted by molar-refractivity contribution is 1.12. The molecule has 0 bridgehead atoms. The maximum Gasteiger partial charge on any atom is 0.0409 e. The molecule has 0 aliphatic carbocycles. The molecule has 0 spiro atoms. The molecule has 88 valence electrons. The molecule has 1 nitrogen and oxygen atoms in total. The molecule has 17 heavy (non-hydrogen) atoms. The van der Waals surface area contributed by atoms with Crippen molar-refractivity contribution < 1.29 is 0 Å². The molecule has 2 rings (SSSR count). The van der Waals surface area contributed by atoms with Crippen molar-refractivity contribution in [2.45, 2.75) is 19.9 Å². The van der Waals surface area contributed by atoms with E-state index in [4.69, 9.17) is 11.6 Å². The van der Waals surface area contributed by atoms with Gasteiger partial charge in [-0.3, -0.25) is 0 Å². The average Bonchev–Trinajstić information content (AvgIpc) is 2.37. The predicted octanol–water partition coefficient (Wildman–Crippen LogP) is 4.51. The van der Waals surface area contributed by atoms with Gasteiger partial charge in [0.25, 0.3) is 0 Å². The van der Waals surface area contributed by atoms with Crippen LogP contribution in [0.3, 0.4) is 0 Å². The van der Waals surface area contributed by atoms with E-state index in [0.29, 0.717) is 0 Å². The molecule has 0 radical (unpaired) electrons. The predicted molar refractivity (Wildman–Crippen MR) is 74.6 cm³/mol. The highest BCUT2D eigenvalue weighted by molar-refractivity contribution is 6.30. The van der Waals surface area contributed by atoms with Crippen LogP contribution in [0.15, 0.2) is 48.5 Å². The minimum atomic E-state index is 0.783. The highest BCUT2D eigenvalue weighted by Crippen LogP contribution is 2.14. The summed E-state index contributed by atoms with van der Waals surface area (Å²) >= 11 is 5.94. The highest BCUT2D eigenvalue weighted by Gasteiger charge is 1.95. The Kier molecular flexibility index (Phi) is 4.05. The quantitative estimate of drug-likeness (QED) is 0.836. The molecule has 1 N–H and O–H groups in total. The Bertz CT molecular complexity index is 477. The zero-order chi connectivity index (χ0) is 12.1. The smallest absolute Gasteiger partial charge is 0.0409 e. The third-order valence-corrected chi connectivity index (χ3v) is 2.98. The van der Waals surface area contributed by atoms with Gasteiger partial charge in [-0.25, -0.2) is 0 Å². The van der Waals surface area contributed by atoms with E-state index in [1.54, 1.807) is 0 Å². The standard InChI is InChI=1S/C15H16ClN/c1-2-12-6-8-15(9-7-12)17-11-13-4-3-5-14(16)10-13/h3-10,17H,2,11H2,1H3. The number of aryl methyl sites for hydroxylation is 1. The number of hydrogen-bond acceptors (Lipinski definition) is 1. The number of anilines is 1. The first-order valence-electron chi connectivity index (χ1n) is 5.85. The zero-order valence-electron chi connectivity index (χ0n) is 9.91. The van der Waals surface area contributed by atoms with Crippen LogP contribution < -0.4 is 5.32 Å². The van der Waals surface area contributed by atoms with Gasteiger partial charge in [0.05, 0.1) is 0 Å². The van der Waals surface area contributed by atoms with Crippen molar-refractivity contribution in [1.29, 1.82) is 0 Å². The number of halogens is 1. The van der Waals surface area contributed by atoms with E-state index in [0.717, 1.165) is 23.7 Å². The summed E-state index contributed by atoms with van der Waals surface area (Å²) < 4.78 is 0. The van der Waals surface area contributed by atoms with Crippen LogP contribution in [0.5, 0.6) is 0 Å². The minimum Gasteiger partial charge on any atom is -0.381 e. The summed E-state index contributed by atoms with van der Waals surface area (Å²) in [5.74, 6) is 0. The van der Waals surface area contributed by atoms with E-state index in [9.17, 15) is 0 Å². The summed E-state index contributed by atoms with van der Waals surface area (Å²) in [6.45, 7) is 2.96. The second-order valence-electron chi connectivity index (χ2n) is 4.03. The topological polar surface area (TPSA) is 12.0 Å². The Morgan fingerprint density at radius 1 is 1.00 bits per heavy atom. The molecule has 0 aromatic heterocycles. The largest absolute Gasteiger partial charge is 0.381 e. The summed E-state index contributed by atoms with van der Waals surface area (Å²) in [5.41, 5.74) is 3.69. The Morgan fingerprint density at radius 2 is 1.76 bits per heavy atom. The summed E-state index contributed by atoms with van der Waals surface area (Å²) in [5, 5.41) is 4.16. The summed E-state index contributed by atoms with van der Waals surface area (Å²) in [4.78, 5) is 0. The molecule has 2 heteroatoms. The molecular formula is C15H16ClN. The Morgan fingerprint density at radius 3 is 2.41 bits per heavy atom. The van der Waals surface area contributed by atoms with Crippen LogP contribution in [0.2, 0.25) is 5.02 Å². The van der Waals surface area contributed by atoms with Gasteiger partial charge in [0.2, 0.25) is 0 Å². The fraction of sp³-hybridized carbons (Fsp3) is 0.200. The Labute approximate surface area is 107 Å². The molecule has 0 amide bonds. The van der Waals surface area contributed by atoms with E-state index in [-0.39, 0.29) is 0 Å². The average molecular weight is 246 g/mol. The van der Waals surface area contributed by atoms with Gasteiger partial charge in [0.15, 0.2) is 0 Å². The lowest BCUT2D eigenvalue weighted by atomic mass is 10.1. The second kappa shape index (κ2) is 5.74. The van der Waals surface area contributed by atoms with Gasteiger partial charge in [-0.05, 0) is 41.8 Å². The van der Waals surface area contributed by atoms with Gasteiger partial charge in [-0.15, -0.1) is 0 Å². The maximum absolute atomic E-state index is 5.94. The molecule has 0 atom stereocenters. The summed E-state index contributed by atoms with van der Waals surface area (Å²) in [6.07, 6.45) is 1.08. The SMILES string of the molecule is CCc1ccc(NCc2cccc(Cl)c2)cc1. The molecule has 0 saturated carbocycles. The zero-order valence-corrected chi connectivity index (χ0v) is 10.7. The van der Waals surface area contributed by atoms with Crippen LogP contribution in [0, 0.1) is 0 Å². The highest BCUT2D eigenvalue weighted by atomic mass is 35.5. The van der Waals surface area contributed by atoms with Crippen molar-refractivity contribution in [1.82, 2.24) is 0 Å². The molecule has 2 aromatic carbocycles. The van der Waals surface area contributed by atoms with E-state index in [2.05, 4.69) is 42.6 Å². The minimum absolute atomic E-state index is 0.783. The van der Waals surface area contributed by atoms with Crippen molar-refractivity contribution in [2.75, 3.05) is 5.32 Å². The van der Waals surface area contributed by atoms with Crippen LogP contribution in [-0.4, -0.2) is 0 Å². The molecule has 0 aliphatic rings. The molecule has 0 unspecified atom stereocenters. The maximum atomic E-state index is 5.94. The van der Waals surface area contributed by atoms with Crippen LogP contribution in [-0.2, 0) is 13.0 Å². The van der Waals surface area contributed by atoms with Gasteiger partial charge in [-0.2, -0.15) is 0 Å². The number of rotatable bonds is 4. The molecule has 0 saturated heterocycles. The first kappa shape index (κ1) is 12.0. The molecular weight excluding hydrogens is 230 g/mol. The lowest BCUT2D eigenvalue weighted by Crippen LogP contribution is -1.99. The molecule has 0 aliphatic heterocycles. The van der Waals surface area contributed by atoms with Crippen molar-refractivity contribution in [2.24, 2.45) is 0 Å². The van der Waals surface area contributed by atoms with Gasteiger partial charge >= 0.3 is 0 Å². The number of benzene rings is 2. The van der Waals surface area contributed by atoms with Crippen molar-refractivity contribution >= 4 is 17.3 Å². The van der Waals surface area contributed by atoms with Gasteiger partial charge in [0, 0.05) is 17.3 Å². The lowest BCUT2D eigenvalue weighted by Gasteiger charge is -2.07. The van der Waals surface area contributed by atoms with Gasteiger partial charge in [-0.1, -0.05) is 42.8 Å². The fourth-order valence-electron chi connectivity index (χ4n) is 1.71. The van der Waals surface area contributed by atoms with E-state index >= 15 is 0 Å². The summed E-state index contributed by atoms with van der Waals surface area (Å²) in [7, 11) is 0. The van der Waals surface area contributed by atoms with Crippen molar-refractivity contribution in [3.8, 4) is 0 Å². The van der Waals surface area contributed by atoms with Crippen LogP contribution in [0.1, 0.15) is 18.1 Å². The fourth-order valence-corrected chi connectivity index (χ4v) is 1.92. The monoisotopic (exact) mass is 245 g/mol. The number of hydrogen-bond donors (Lipinski definition) is 1. The van der Waals surface area contributed by atoms with Crippen molar-refractivity contribution in [3.63, 3.8) is 0 Å². The second-order valence-corrected chi connectivity index (χ2v) is 4.47. The van der Waals surface area contributed by atoms with Gasteiger partial charge in [0.1, 0.15) is 0 Å². The third-order valence-electron chi connectivity index (χ3n) is 2.75. The normalized spacial score (nSPS) is 10.2. The van der Waals surface area contributed by atoms with E-state index in [1.807, 2.05) is 18.2 Å². The molecule has 2 aromatic rings. The summed E-state index contributed by atoms with van der Waals surface area (Å²) in [6, 6.07) is 16.4. The van der Waals surface area contributed by atoms with Gasteiger partial charge < -0.3 is 5.32 Å². The van der Waals surface area contributed by atoms with Crippen molar-refractivity contribution in [3.05, 3.63) is 64.7 Å². The van der Waals surface area contributed by atoms with Crippen LogP contribution in [0.25, 0.3) is 0 Å². The third kappa shape index (κ3) is 3.50. The first-order chi connectivity index (χ1) is 8.28. The van der Waals surface area contributed by atoms with Crippen LogP contribution in [0.4, 0.5) is 5.69 Å². The molecule has 0 fully saturated rings. The van der Waals surface area contributed by atoms with Crippen LogP contribution >= 0.6 is 11.6 Å².